The van der Waals surface area contributed by atoms with Gasteiger partial charge in [-0.15, -0.1) is 0 Å². The van der Waals surface area contributed by atoms with Gasteiger partial charge in [0.1, 0.15) is 11.5 Å². The minimum Gasteiger partial charge on any atom is -0.396 e. The molecule has 26 heavy (non-hydrogen) atoms. The Morgan fingerprint density at radius 2 is 2.00 bits per heavy atom. The number of pyridine rings is 1. The topological polar surface area (TPSA) is 80.0 Å². The van der Waals surface area contributed by atoms with Gasteiger partial charge >= 0.3 is 0 Å². The maximum atomic E-state index is 12.5. The Morgan fingerprint density at radius 3 is 2.65 bits per heavy atom. The van der Waals surface area contributed by atoms with E-state index in [9.17, 15) is 9.90 Å². The number of aromatic nitrogens is 3. The number of benzene rings is 1. The highest BCUT2D eigenvalue weighted by molar-refractivity contribution is 6.30. The van der Waals surface area contributed by atoms with Crippen LogP contribution in [-0.2, 0) is 0 Å². The molecule has 2 N–H and O–H groups in total. The zero-order chi connectivity index (χ0) is 18.5. The summed E-state index contributed by atoms with van der Waals surface area (Å²) >= 11 is 5.89. The third-order valence-electron chi connectivity index (χ3n) is 4.15. The van der Waals surface area contributed by atoms with E-state index >= 15 is 0 Å². The van der Waals surface area contributed by atoms with E-state index in [1.165, 1.54) is 0 Å². The van der Waals surface area contributed by atoms with Crippen molar-refractivity contribution in [2.45, 2.75) is 12.8 Å². The molecule has 0 aliphatic heterocycles. The van der Waals surface area contributed by atoms with Crippen molar-refractivity contribution in [1.29, 1.82) is 0 Å². The zero-order valence-corrected chi connectivity index (χ0v) is 15.0. The highest BCUT2D eigenvalue weighted by Crippen LogP contribution is 2.18. The molecule has 0 aliphatic carbocycles. The SMILES string of the molecule is Cc1nccn1-c1ccnc(C(=O)NCC(CO)c2ccc(Cl)cc2)c1. The van der Waals surface area contributed by atoms with Gasteiger partial charge in [0.25, 0.3) is 5.91 Å². The van der Waals surface area contributed by atoms with Crippen molar-refractivity contribution >= 4 is 17.5 Å². The van der Waals surface area contributed by atoms with Crippen molar-refractivity contribution in [3.05, 3.63) is 77.1 Å². The van der Waals surface area contributed by atoms with Crippen molar-refractivity contribution < 1.29 is 9.90 Å². The molecule has 7 heteroatoms. The Labute approximate surface area is 156 Å². The van der Waals surface area contributed by atoms with Crippen LogP contribution in [0.5, 0.6) is 0 Å². The average molecular weight is 371 g/mol. The molecule has 3 aromatic rings. The summed E-state index contributed by atoms with van der Waals surface area (Å²) in [5.74, 6) is 0.318. The maximum absolute atomic E-state index is 12.5. The lowest BCUT2D eigenvalue weighted by Gasteiger charge is -2.16. The molecule has 0 saturated heterocycles. The van der Waals surface area contributed by atoms with Crippen molar-refractivity contribution in [3.8, 4) is 5.69 Å². The molecular weight excluding hydrogens is 352 g/mol. The number of amides is 1. The van der Waals surface area contributed by atoms with Crippen LogP contribution in [0, 0.1) is 6.92 Å². The van der Waals surface area contributed by atoms with E-state index in [2.05, 4.69) is 15.3 Å². The lowest BCUT2D eigenvalue weighted by Crippen LogP contribution is -2.30. The van der Waals surface area contributed by atoms with Gasteiger partial charge in [-0.1, -0.05) is 23.7 Å². The third-order valence-corrected chi connectivity index (χ3v) is 4.40. The van der Waals surface area contributed by atoms with Gasteiger partial charge < -0.3 is 15.0 Å². The van der Waals surface area contributed by atoms with E-state index in [1.54, 1.807) is 30.6 Å². The van der Waals surface area contributed by atoms with Crippen LogP contribution in [-0.4, -0.2) is 38.7 Å². The number of nitrogens with zero attached hydrogens (tertiary/aromatic N) is 3. The van der Waals surface area contributed by atoms with E-state index in [-0.39, 0.29) is 18.4 Å². The fourth-order valence-electron chi connectivity index (χ4n) is 2.67. The number of carbonyl (C=O) groups excluding carboxylic acids is 1. The van der Waals surface area contributed by atoms with Gasteiger partial charge in [0.2, 0.25) is 0 Å². The second kappa shape index (κ2) is 8.12. The van der Waals surface area contributed by atoms with Gasteiger partial charge in [0.15, 0.2) is 0 Å². The summed E-state index contributed by atoms with van der Waals surface area (Å²) in [6, 6.07) is 10.7. The van der Waals surface area contributed by atoms with Crippen molar-refractivity contribution in [1.82, 2.24) is 19.9 Å². The van der Waals surface area contributed by atoms with Crippen LogP contribution in [0.2, 0.25) is 5.02 Å². The van der Waals surface area contributed by atoms with E-state index in [1.807, 2.05) is 35.9 Å². The minimum absolute atomic E-state index is 0.0798. The van der Waals surface area contributed by atoms with Crippen LogP contribution in [0.15, 0.2) is 55.0 Å². The lowest BCUT2D eigenvalue weighted by atomic mass is 10.00. The molecule has 0 aliphatic rings. The molecule has 2 aromatic heterocycles. The molecular formula is C19H19ClN4O2. The number of carbonyl (C=O) groups is 1. The van der Waals surface area contributed by atoms with Gasteiger partial charge in [-0.3, -0.25) is 9.78 Å². The van der Waals surface area contributed by atoms with Crippen LogP contribution in [0.25, 0.3) is 5.69 Å². The van der Waals surface area contributed by atoms with Crippen molar-refractivity contribution in [3.63, 3.8) is 0 Å². The number of aliphatic hydroxyl groups excluding tert-OH is 1. The molecule has 0 bridgehead atoms. The van der Waals surface area contributed by atoms with E-state index < -0.39 is 0 Å². The number of imidazole rings is 1. The number of hydrogen-bond acceptors (Lipinski definition) is 4. The normalized spacial score (nSPS) is 12.0. The van der Waals surface area contributed by atoms with Crippen LogP contribution >= 0.6 is 11.6 Å². The minimum atomic E-state index is -0.294. The Balaban J connectivity index is 1.70. The summed E-state index contributed by atoms with van der Waals surface area (Å²) in [7, 11) is 0. The fourth-order valence-corrected chi connectivity index (χ4v) is 2.80. The molecule has 0 spiro atoms. The first kappa shape index (κ1) is 18.1. The number of aryl methyl sites for hydroxylation is 1. The van der Waals surface area contributed by atoms with Gasteiger partial charge in [-0.05, 0) is 36.8 Å². The first-order valence-corrected chi connectivity index (χ1v) is 8.57. The van der Waals surface area contributed by atoms with Crippen molar-refractivity contribution in [2.75, 3.05) is 13.2 Å². The molecule has 0 fully saturated rings. The lowest BCUT2D eigenvalue weighted by molar-refractivity contribution is 0.0942. The molecule has 1 aromatic carbocycles. The van der Waals surface area contributed by atoms with Crippen LogP contribution in [0.1, 0.15) is 27.8 Å². The first-order chi connectivity index (χ1) is 12.6. The predicted molar refractivity (Wildman–Crippen MR) is 99.7 cm³/mol. The molecule has 0 saturated carbocycles. The summed E-state index contributed by atoms with van der Waals surface area (Å²) < 4.78 is 1.88. The second-order valence-electron chi connectivity index (χ2n) is 5.88. The number of halogens is 1. The highest BCUT2D eigenvalue weighted by Gasteiger charge is 2.14. The predicted octanol–water partition coefficient (Wildman–Crippen LogP) is 2.74. The maximum Gasteiger partial charge on any atom is 0.269 e. The number of rotatable bonds is 6. The molecule has 0 radical (unpaired) electrons. The molecule has 1 atom stereocenters. The largest absolute Gasteiger partial charge is 0.396 e. The second-order valence-corrected chi connectivity index (χ2v) is 6.32. The molecule has 2 heterocycles. The fraction of sp³-hybridized carbons (Fsp3) is 0.211. The standard InChI is InChI=1S/C19H19ClN4O2/c1-13-21-8-9-24(13)17-6-7-22-18(10-17)19(26)23-11-15(12-25)14-2-4-16(20)5-3-14/h2-10,15,25H,11-12H2,1H3,(H,23,26). The van der Waals surface area contributed by atoms with Crippen molar-refractivity contribution in [2.24, 2.45) is 0 Å². The Bertz CT molecular complexity index is 893. The summed E-state index contributed by atoms with van der Waals surface area (Å²) in [4.78, 5) is 20.8. The zero-order valence-electron chi connectivity index (χ0n) is 14.3. The number of hydrogen-bond donors (Lipinski definition) is 2. The Morgan fingerprint density at radius 1 is 1.23 bits per heavy atom. The summed E-state index contributed by atoms with van der Waals surface area (Å²) in [5.41, 5.74) is 2.04. The number of nitrogens with one attached hydrogen (secondary N) is 1. The average Bonchev–Trinajstić information content (AvgIpc) is 3.09. The van der Waals surface area contributed by atoms with E-state index in [0.717, 1.165) is 17.1 Å². The van der Waals surface area contributed by atoms with Gasteiger partial charge in [-0.25, -0.2) is 4.98 Å². The Kier molecular flexibility index (Phi) is 5.65. The van der Waals surface area contributed by atoms with Gasteiger partial charge in [0.05, 0.1) is 12.3 Å². The molecule has 1 unspecified atom stereocenters. The van der Waals surface area contributed by atoms with E-state index in [0.29, 0.717) is 17.3 Å². The van der Waals surface area contributed by atoms with E-state index in [4.69, 9.17) is 11.6 Å². The van der Waals surface area contributed by atoms with Gasteiger partial charge in [0, 0.05) is 36.1 Å². The highest BCUT2D eigenvalue weighted by atomic mass is 35.5. The van der Waals surface area contributed by atoms with Crippen LogP contribution in [0.3, 0.4) is 0 Å². The summed E-state index contributed by atoms with van der Waals surface area (Å²) in [6.45, 7) is 2.11. The summed E-state index contributed by atoms with van der Waals surface area (Å²) in [6.07, 6.45) is 5.12. The molecule has 3 rings (SSSR count). The summed E-state index contributed by atoms with van der Waals surface area (Å²) in [5, 5.41) is 13.1. The first-order valence-electron chi connectivity index (χ1n) is 8.19. The van der Waals surface area contributed by atoms with Gasteiger partial charge in [-0.2, -0.15) is 0 Å². The van der Waals surface area contributed by atoms with Crippen LogP contribution in [0.4, 0.5) is 0 Å². The number of aliphatic hydroxyl groups is 1. The molecule has 134 valence electrons. The molecule has 6 nitrogen and oxygen atoms in total. The molecule has 1 amide bonds. The third kappa shape index (κ3) is 4.09. The monoisotopic (exact) mass is 370 g/mol. The smallest absolute Gasteiger partial charge is 0.269 e. The van der Waals surface area contributed by atoms with Crippen LogP contribution < -0.4 is 5.32 Å². The quantitative estimate of drug-likeness (QED) is 0.699. The Hall–Kier alpha value is -2.70.